The molecule has 29 heavy (non-hydrogen) atoms. The van der Waals surface area contributed by atoms with Gasteiger partial charge in [0.2, 0.25) is 5.91 Å². The largest absolute Gasteiger partial charge is 0.475 e. The van der Waals surface area contributed by atoms with Crippen LogP contribution in [0.3, 0.4) is 0 Å². The summed E-state index contributed by atoms with van der Waals surface area (Å²) in [6.07, 6.45) is 1.08. The number of nitrogens with one attached hydrogen (secondary N) is 1. The Morgan fingerprint density at radius 1 is 1.41 bits per heavy atom. The number of ether oxygens (including phenoxy) is 2. The van der Waals surface area contributed by atoms with Gasteiger partial charge in [-0.25, -0.2) is 9.48 Å². The molecule has 156 valence electrons. The number of amides is 1. The van der Waals surface area contributed by atoms with Crippen LogP contribution in [0.15, 0.2) is 6.20 Å². The molecule has 0 saturated carbocycles. The van der Waals surface area contributed by atoms with Gasteiger partial charge in [0.1, 0.15) is 17.2 Å². The number of thiophene rings is 1. The van der Waals surface area contributed by atoms with Crippen molar-refractivity contribution in [2.24, 2.45) is 0 Å². The Labute approximate surface area is 169 Å². The lowest BCUT2D eigenvalue weighted by Gasteiger charge is -2.12. The van der Waals surface area contributed by atoms with Crippen molar-refractivity contribution in [3.8, 4) is 5.88 Å². The van der Waals surface area contributed by atoms with Gasteiger partial charge in [-0.2, -0.15) is 0 Å². The molecule has 0 aliphatic carbocycles. The highest BCUT2D eigenvalue weighted by Gasteiger charge is 2.29. The van der Waals surface area contributed by atoms with Gasteiger partial charge < -0.3 is 14.8 Å². The molecule has 0 saturated heterocycles. The van der Waals surface area contributed by atoms with E-state index in [0.717, 1.165) is 22.2 Å². The summed E-state index contributed by atoms with van der Waals surface area (Å²) in [5.41, 5.74) is 0.136. The smallest absolute Gasteiger partial charge is 0.350 e. The molecule has 0 aliphatic heterocycles. The summed E-state index contributed by atoms with van der Waals surface area (Å²) in [7, 11) is 1.23. The standard InChI is InChI=1S/C17H20N4O7S/c1-6-28-17(24)12-8(2)13(10(4)22)29-16(12)18-14(23)9(3)20-7-11(21(25)26)15(19-20)27-5/h7,9H,6H2,1-5H3,(H,18,23). The fourth-order valence-corrected chi connectivity index (χ4v) is 3.65. The molecule has 12 heteroatoms. The number of ketones is 1. The summed E-state index contributed by atoms with van der Waals surface area (Å²) in [6.45, 7) is 6.20. The van der Waals surface area contributed by atoms with E-state index in [1.165, 1.54) is 21.0 Å². The Bertz CT molecular complexity index is 979. The van der Waals surface area contributed by atoms with Gasteiger partial charge in [-0.05, 0) is 33.3 Å². The van der Waals surface area contributed by atoms with Crippen molar-refractivity contribution in [1.29, 1.82) is 0 Å². The van der Waals surface area contributed by atoms with Crippen molar-refractivity contribution in [1.82, 2.24) is 9.78 Å². The van der Waals surface area contributed by atoms with Crippen LogP contribution in [0.4, 0.5) is 10.7 Å². The average molecular weight is 424 g/mol. The van der Waals surface area contributed by atoms with Crippen molar-refractivity contribution in [2.45, 2.75) is 33.7 Å². The summed E-state index contributed by atoms with van der Waals surface area (Å²) in [5.74, 6) is -1.73. The van der Waals surface area contributed by atoms with E-state index < -0.39 is 22.8 Å². The first-order chi connectivity index (χ1) is 13.6. The molecular formula is C17H20N4O7S. The normalized spacial score (nSPS) is 11.6. The predicted molar refractivity (Wildman–Crippen MR) is 104 cm³/mol. The molecule has 1 unspecified atom stereocenters. The van der Waals surface area contributed by atoms with Crippen LogP contribution in [-0.2, 0) is 9.53 Å². The summed E-state index contributed by atoms with van der Waals surface area (Å²) >= 11 is 0.962. The Hall–Kier alpha value is -3.28. The quantitative estimate of drug-likeness (QED) is 0.295. The van der Waals surface area contributed by atoms with E-state index in [-0.39, 0.29) is 34.5 Å². The zero-order chi connectivity index (χ0) is 21.9. The fraction of sp³-hybridized carbons (Fsp3) is 0.412. The van der Waals surface area contributed by atoms with Gasteiger partial charge in [0.05, 0.1) is 29.1 Å². The van der Waals surface area contributed by atoms with Crippen LogP contribution in [0.25, 0.3) is 0 Å². The zero-order valence-electron chi connectivity index (χ0n) is 16.5. The fourth-order valence-electron chi connectivity index (χ4n) is 2.56. The summed E-state index contributed by atoms with van der Waals surface area (Å²) in [4.78, 5) is 47.6. The molecule has 0 aliphatic rings. The van der Waals surface area contributed by atoms with Crippen molar-refractivity contribution in [2.75, 3.05) is 19.0 Å². The van der Waals surface area contributed by atoms with Gasteiger partial charge in [-0.15, -0.1) is 16.4 Å². The van der Waals surface area contributed by atoms with Gasteiger partial charge in [0, 0.05) is 0 Å². The number of aromatic nitrogens is 2. The number of anilines is 1. The molecule has 1 atom stereocenters. The third kappa shape index (κ3) is 4.42. The van der Waals surface area contributed by atoms with Crippen LogP contribution in [0.5, 0.6) is 5.88 Å². The molecule has 11 nitrogen and oxygen atoms in total. The Morgan fingerprint density at radius 3 is 2.55 bits per heavy atom. The average Bonchev–Trinajstić information content (AvgIpc) is 3.22. The minimum absolute atomic E-state index is 0.103. The van der Waals surface area contributed by atoms with Crippen LogP contribution < -0.4 is 10.1 Å². The number of methoxy groups -OCH3 is 1. The van der Waals surface area contributed by atoms with Gasteiger partial charge in [-0.1, -0.05) is 0 Å². The minimum atomic E-state index is -0.962. The predicted octanol–water partition coefficient (Wildman–Crippen LogP) is 2.75. The van der Waals surface area contributed by atoms with Gasteiger partial charge in [0.25, 0.3) is 0 Å². The van der Waals surface area contributed by atoms with E-state index in [4.69, 9.17) is 9.47 Å². The molecule has 2 aromatic rings. The molecule has 0 radical (unpaired) electrons. The molecule has 0 aromatic carbocycles. The number of carbonyl (C=O) groups excluding carboxylic acids is 3. The van der Waals surface area contributed by atoms with E-state index in [9.17, 15) is 24.5 Å². The maximum Gasteiger partial charge on any atom is 0.350 e. The number of hydrogen-bond donors (Lipinski definition) is 1. The Balaban J connectivity index is 2.37. The van der Waals surface area contributed by atoms with Crippen LogP contribution in [-0.4, -0.2) is 46.1 Å². The molecule has 1 N–H and O–H groups in total. The molecule has 0 spiro atoms. The Kier molecular flexibility index (Phi) is 6.69. The number of esters is 1. The van der Waals surface area contributed by atoms with Crippen LogP contribution in [0.2, 0.25) is 0 Å². The van der Waals surface area contributed by atoms with E-state index in [1.54, 1.807) is 13.8 Å². The molecule has 2 aromatic heterocycles. The monoisotopic (exact) mass is 424 g/mol. The lowest BCUT2D eigenvalue weighted by molar-refractivity contribution is -0.385. The molecule has 2 heterocycles. The topological polar surface area (TPSA) is 143 Å². The minimum Gasteiger partial charge on any atom is -0.475 e. The van der Waals surface area contributed by atoms with Crippen molar-refractivity contribution >= 4 is 39.7 Å². The van der Waals surface area contributed by atoms with Crippen LogP contribution in [0.1, 0.15) is 52.4 Å². The van der Waals surface area contributed by atoms with Gasteiger partial charge in [-0.3, -0.25) is 19.7 Å². The molecule has 2 rings (SSSR count). The van der Waals surface area contributed by atoms with Crippen molar-refractivity contribution in [3.63, 3.8) is 0 Å². The molecule has 0 fully saturated rings. The van der Waals surface area contributed by atoms with E-state index in [0.29, 0.717) is 10.4 Å². The first-order valence-corrected chi connectivity index (χ1v) is 9.33. The SMILES string of the molecule is CCOC(=O)c1c(NC(=O)C(C)n2cc([N+](=O)[O-])c(OC)n2)sc(C(C)=O)c1C. The first-order valence-electron chi connectivity index (χ1n) is 8.52. The Morgan fingerprint density at radius 2 is 2.07 bits per heavy atom. The van der Waals surface area contributed by atoms with E-state index in [1.807, 2.05) is 0 Å². The number of rotatable bonds is 8. The highest BCUT2D eigenvalue weighted by molar-refractivity contribution is 7.18. The number of hydrogen-bond acceptors (Lipinski definition) is 9. The zero-order valence-corrected chi connectivity index (χ0v) is 17.3. The van der Waals surface area contributed by atoms with Gasteiger partial charge >= 0.3 is 17.5 Å². The summed E-state index contributed by atoms with van der Waals surface area (Å²) in [5, 5.41) is 17.7. The van der Waals surface area contributed by atoms with Crippen molar-refractivity contribution in [3.05, 3.63) is 32.3 Å². The number of nitro groups is 1. The van der Waals surface area contributed by atoms with Crippen LogP contribution in [0, 0.1) is 17.0 Å². The molecule has 1 amide bonds. The van der Waals surface area contributed by atoms with Crippen molar-refractivity contribution < 1.29 is 28.8 Å². The second-order valence-electron chi connectivity index (χ2n) is 5.96. The van der Waals surface area contributed by atoms with E-state index in [2.05, 4.69) is 10.4 Å². The maximum absolute atomic E-state index is 12.7. The molecule has 0 bridgehead atoms. The van der Waals surface area contributed by atoms with Crippen LogP contribution >= 0.6 is 11.3 Å². The lowest BCUT2D eigenvalue weighted by atomic mass is 10.1. The first kappa shape index (κ1) is 22.0. The summed E-state index contributed by atoms with van der Waals surface area (Å²) < 4.78 is 11.0. The summed E-state index contributed by atoms with van der Waals surface area (Å²) in [6, 6.07) is -0.962. The number of Topliss-reactive ketones (excluding diaryl/α,β-unsaturated/α-hetero) is 1. The van der Waals surface area contributed by atoms with E-state index >= 15 is 0 Å². The highest BCUT2D eigenvalue weighted by atomic mass is 32.1. The highest BCUT2D eigenvalue weighted by Crippen LogP contribution is 2.35. The number of carbonyl (C=O) groups is 3. The second-order valence-corrected chi connectivity index (χ2v) is 6.98. The lowest BCUT2D eigenvalue weighted by Crippen LogP contribution is -2.24. The third-order valence-corrected chi connectivity index (χ3v) is 5.34. The van der Waals surface area contributed by atoms with Gasteiger partial charge in [0.15, 0.2) is 5.78 Å². The maximum atomic E-state index is 12.7. The molecular weight excluding hydrogens is 404 g/mol. The second kappa shape index (κ2) is 8.82. The number of nitrogens with zero attached hydrogens (tertiary/aromatic N) is 3. The third-order valence-electron chi connectivity index (χ3n) is 4.03.